The van der Waals surface area contributed by atoms with Gasteiger partial charge in [0.1, 0.15) is 0 Å². The van der Waals surface area contributed by atoms with Crippen LogP contribution in [0.3, 0.4) is 0 Å². The molecule has 4 heteroatoms. The van der Waals surface area contributed by atoms with E-state index in [4.69, 9.17) is 5.73 Å². The van der Waals surface area contributed by atoms with E-state index in [1.165, 1.54) is 0 Å². The van der Waals surface area contributed by atoms with Crippen molar-refractivity contribution >= 4 is 16.9 Å². The molecule has 0 unspecified atom stereocenters. The van der Waals surface area contributed by atoms with E-state index >= 15 is 0 Å². The van der Waals surface area contributed by atoms with Crippen molar-refractivity contribution in [3.63, 3.8) is 0 Å². The van der Waals surface area contributed by atoms with Crippen LogP contribution < -0.4 is 5.73 Å². The van der Waals surface area contributed by atoms with E-state index in [0.717, 1.165) is 22.2 Å². The molecule has 3 rings (SSSR count). The van der Waals surface area contributed by atoms with Gasteiger partial charge in [0.25, 0.3) is 0 Å². The fourth-order valence-corrected chi connectivity index (χ4v) is 1.96. The Balaban J connectivity index is 2.13. The first-order valence-corrected chi connectivity index (χ1v) is 5.85. The van der Waals surface area contributed by atoms with E-state index in [-0.39, 0.29) is 0 Å². The fourth-order valence-electron chi connectivity index (χ4n) is 1.96. The van der Waals surface area contributed by atoms with E-state index in [2.05, 4.69) is 9.97 Å². The number of hydrogen-bond acceptors (Lipinski definition) is 3. The molecule has 3 aromatic rings. The van der Waals surface area contributed by atoms with Gasteiger partial charge in [0.2, 0.25) is 5.91 Å². The summed E-state index contributed by atoms with van der Waals surface area (Å²) in [5.41, 5.74) is 9.25. The molecule has 0 atom stereocenters. The van der Waals surface area contributed by atoms with Crippen LogP contribution in [0.15, 0.2) is 54.9 Å². The molecular formula is C15H11N3O. The Hall–Kier alpha value is -2.75. The topological polar surface area (TPSA) is 68.9 Å². The summed E-state index contributed by atoms with van der Waals surface area (Å²) in [5, 5.41) is 0. The fraction of sp³-hybridized carbons (Fsp3) is 0. The zero-order valence-corrected chi connectivity index (χ0v) is 10.1. The summed E-state index contributed by atoms with van der Waals surface area (Å²) in [5.74, 6) is -0.436. The Bertz CT molecular complexity index is 768. The van der Waals surface area contributed by atoms with Gasteiger partial charge in [-0.2, -0.15) is 0 Å². The summed E-state index contributed by atoms with van der Waals surface area (Å²) in [6.45, 7) is 0. The molecule has 0 bridgehead atoms. The first kappa shape index (κ1) is 11.3. The maximum atomic E-state index is 11.2. The molecule has 0 spiro atoms. The van der Waals surface area contributed by atoms with Crippen LogP contribution in [-0.2, 0) is 0 Å². The number of rotatable bonds is 2. The molecule has 0 aliphatic heterocycles. The molecule has 0 aliphatic carbocycles. The number of carbonyl (C=O) groups is 1. The lowest BCUT2D eigenvalue weighted by molar-refractivity contribution is 0.100. The van der Waals surface area contributed by atoms with Crippen LogP contribution >= 0.6 is 0 Å². The molecule has 1 amide bonds. The van der Waals surface area contributed by atoms with Gasteiger partial charge in [-0.25, -0.2) is 0 Å². The average Bonchev–Trinajstić information content (AvgIpc) is 2.47. The summed E-state index contributed by atoms with van der Waals surface area (Å²) in [7, 11) is 0. The summed E-state index contributed by atoms with van der Waals surface area (Å²) in [6.07, 6.45) is 3.50. The minimum atomic E-state index is -0.436. The third kappa shape index (κ3) is 2.15. The van der Waals surface area contributed by atoms with Crippen LogP contribution in [-0.4, -0.2) is 15.9 Å². The Kier molecular flexibility index (Phi) is 2.68. The molecule has 2 heterocycles. The van der Waals surface area contributed by atoms with E-state index in [1.807, 2.05) is 24.3 Å². The number of primary amides is 1. The normalized spacial score (nSPS) is 10.5. The molecule has 0 saturated carbocycles. The second-order valence-corrected chi connectivity index (χ2v) is 4.21. The summed E-state index contributed by atoms with van der Waals surface area (Å²) < 4.78 is 0. The second kappa shape index (κ2) is 4.49. The van der Waals surface area contributed by atoms with Crippen LogP contribution in [0, 0.1) is 0 Å². The molecular weight excluding hydrogens is 238 g/mol. The Labute approximate surface area is 109 Å². The van der Waals surface area contributed by atoms with Crippen LogP contribution in [0.2, 0.25) is 0 Å². The Morgan fingerprint density at radius 2 is 1.84 bits per heavy atom. The van der Waals surface area contributed by atoms with Crippen molar-refractivity contribution < 1.29 is 4.79 Å². The van der Waals surface area contributed by atoms with Crippen molar-refractivity contribution in [3.05, 3.63) is 60.4 Å². The minimum absolute atomic E-state index is 0.436. The van der Waals surface area contributed by atoms with Gasteiger partial charge in [0.15, 0.2) is 0 Å². The third-order valence-corrected chi connectivity index (χ3v) is 2.93. The van der Waals surface area contributed by atoms with E-state index in [1.54, 1.807) is 30.6 Å². The number of nitrogens with two attached hydrogens (primary N) is 1. The summed E-state index contributed by atoms with van der Waals surface area (Å²) in [4.78, 5) is 19.8. The molecule has 2 aromatic heterocycles. The molecule has 0 saturated heterocycles. The maximum Gasteiger partial charge on any atom is 0.248 e. The van der Waals surface area contributed by atoms with Crippen LogP contribution in [0.5, 0.6) is 0 Å². The largest absolute Gasteiger partial charge is 0.366 e. The number of benzene rings is 1. The van der Waals surface area contributed by atoms with Gasteiger partial charge >= 0.3 is 0 Å². The molecule has 2 N–H and O–H groups in total. The monoisotopic (exact) mass is 249 g/mol. The van der Waals surface area contributed by atoms with E-state index in [0.29, 0.717) is 5.56 Å². The molecule has 92 valence electrons. The SMILES string of the molecule is NC(=O)c1cccc(-c2cnc3cccnc3c2)c1. The van der Waals surface area contributed by atoms with Crippen LogP contribution in [0.4, 0.5) is 0 Å². The Morgan fingerprint density at radius 3 is 2.68 bits per heavy atom. The molecule has 0 aliphatic rings. The predicted octanol–water partition coefficient (Wildman–Crippen LogP) is 2.40. The first-order chi connectivity index (χ1) is 9.24. The van der Waals surface area contributed by atoms with E-state index < -0.39 is 5.91 Å². The number of aromatic nitrogens is 2. The zero-order chi connectivity index (χ0) is 13.2. The van der Waals surface area contributed by atoms with Gasteiger partial charge in [-0.15, -0.1) is 0 Å². The van der Waals surface area contributed by atoms with Crippen molar-refractivity contribution in [3.8, 4) is 11.1 Å². The highest BCUT2D eigenvalue weighted by Crippen LogP contribution is 2.22. The van der Waals surface area contributed by atoms with Crippen molar-refractivity contribution in [1.29, 1.82) is 0 Å². The number of nitrogens with zero attached hydrogens (tertiary/aromatic N) is 2. The summed E-state index contributed by atoms with van der Waals surface area (Å²) in [6, 6.07) is 12.9. The van der Waals surface area contributed by atoms with Gasteiger partial charge < -0.3 is 5.73 Å². The molecule has 1 aromatic carbocycles. The van der Waals surface area contributed by atoms with E-state index in [9.17, 15) is 4.79 Å². The van der Waals surface area contributed by atoms with Crippen LogP contribution in [0.25, 0.3) is 22.2 Å². The van der Waals surface area contributed by atoms with Crippen molar-refractivity contribution in [2.45, 2.75) is 0 Å². The van der Waals surface area contributed by atoms with Crippen LogP contribution in [0.1, 0.15) is 10.4 Å². The number of amides is 1. The quantitative estimate of drug-likeness (QED) is 0.758. The number of fused-ring (bicyclic) bond motifs is 1. The highest BCUT2D eigenvalue weighted by molar-refractivity contribution is 5.94. The third-order valence-electron chi connectivity index (χ3n) is 2.93. The molecule has 4 nitrogen and oxygen atoms in total. The van der Waals surface area contributed by atoms with Crippen molar-refractivity contribution in [2.24, 2.45) is 5.73 Å². The summed E-state index contributed by atoms with van der Waals surface area (Å²) >= 11 is 0. The number of pyridine rings is 2. The standard InChI is InChI=1S/C15H11N3O/c16-15(19)11-4-1-3-10(7-11)12-8-14-13(18-9-12)5-2-6-17-14/h1-9H,(H2,16,19). The predicted molar refractivity (Wildman–Crippen MR) is 73.5 cm³/mol. The van der Waals surface area contributed by atoms with Gasteiger partial charge in [0, 0.05) is 23.5 Å². The first-order valence-electron chi connectivity index (χ1n) is 5.85. The average molecular weight is 249 g/mol. The lowest BCUT2D eigenvalue weighted by Gasteiger charge is -2.04. The number of carbonyl (C=O) groups excluding carboxylic acids is 1. The lowest BCUT2D eigenvalue weighted by atomic mass is 10.0. The Morgan fingerprint density at radius 1 is 0.947 bits per heavy atom. The van der Waals surface area contributed by atoms with Gasteiger partial charge in [-0.1, -0.05) is 12.1 Å². The maximum absolute atomic E-state index is 11.2. The van der Waals surface area contributed by atoms with Crippen molar-refractivity contribution in [1.82, 2.24) is 9.97 Å². The van der Waals surface area contributed by atoms with Gasteiger partial charge in [-0.05, 0) is 35.9 Å². The second-order valence-electron chi connectivity index (χ2n) is 4.21. The number of hydrogen-bond donors (Lipinski definition) is 1. The highest BCUT2D eigenvalue weighted by Gasteiger charge is 2.05. The minimum Gasteiger partial charge on any atom is -0.366 e. The zero-order valence-electron chi connectivity index (χ0n) is 10.1. The lowest BCUT2D eigenvalue weighted by Crippen LogP contribution is -2.10. The molecule has 0 fully saturated rings. The highest BCUT2D eigenvalue weighted by atomic mass is 16.1. The van der Waals surface area contributed by atoms with Gasteiger partial charge in [-0.3, -0.25) is 14.8 Å². The molecule has 0 radical (unpaired) electrons. The molecule has 19 heavy (non-hydrogen) atoms. The van der Waals surface area contributed by atoms with Gasteiger partial charge in [0.05, 0.1) is 11.0 Å². The smallest absolute Gasteiger partial charge is 0.248 e. The van der Waals surface area contributed by atoms with Crippen molar-refractivity contribution in [2.75, 3.05) is 0 Å².